The molecular weight excluding hydrogens is 402 g/mol. The number of amides is 1. The number of rotatable bonds is 7. The van der Waals surface area contributed by atoms with Crippen LogP contribution in [0.1, 0.15) is 28.4 Å². The molecule has 2 heterocycles. The van der Waals surface area contributed by atoms with Gasteiger partial charge in [-0.25, -0.2) is 9.36 Å². The van der Waals surface area contributed by atoms with E-state index in [9.17, 15) is 9.59 Å². The number of aryl methyl sites for hydroxylation is 2. The first-order valence-corrected chi connectivity index (χ1v) is 10.5. The number of nitrogens with one attached hydrogen (secondary N) is 1. The van der Waals surface area contributed by atoms with Gasteiger partial charge in [0, 0.05) is 18.3 Å². The molecule has 1 N–H and O–H groups in total. The van der Waals surface area contributed by atoms with E-state index in [2.05, 4.69) is 15.5 Å². The monoisotopic (exact) mass is 427 g/mol. The fourth-order valence-electron chi connectivity index (χ4n) is 3.75. The fraction of sp³-hybridized carbons (Fsp3) is 0.200. The second-order valence-electron chi connectivity index (χ2n) is 7.64. The van der Waals surface area contributed by atoms with Gasteiger partial charge in [-0.05, 0) is 37.1 Å². The van der Waals surface area contributed by atoms with Gasteiger partial charge in [0.25, 0.3) is 5.56 Å². The molecule has 0 fully saturated rings. The molecule has 0 aliphatic heterocycles. The summed E-state index contributed by atoms with van der Waals surface area (Å²) in [5.74, 6) is 0.0150. The zero-order valence-corrected chi connectivity index (χ0v) is 18.1. The van der Waals surface area contributed by atoms with Crippen LogP contribution in [0.3, 0.4) is 0 Å². The van der Waals surface area contributed by atoms with E-state index in [1.54, 1.807) is 10.7 Å². The summed E-state index contributed by atoms with van der Waals surface area (Å²) in [4.78, 5) is 25.4. The molecule has 2 aromatic heterocycles. The first kappa shape index (κ1) is 21.2. The summed E-state index contributed by atoms with van der Waals surface area (Å²) < 4.78 is 3.05. The van der Waals surface area contributed by atoms with Gasteiger partial charge >= 0.3 is 0 Å². The molecule has 4 aromatic rings. The van der Waals surface area contributed by atoms with Gasteiger partial charge in [-0.15, -0.1) is 5.10 Å². The minimum absolute atomic E-state index is 0.120. The third-order valence-electron chi connectivity index (χ3n) is 5.23. The van der Waals surface area contributed by atoms with Gasteiger partial charge in [-0.2, -0.15) is 5.10 Å². The van der Waals surface area contributed by atoms with Gasteiger partial charge in [-0.1, -0.05) is 60.7 Å². The minimum atomic E-state index is -0.428. The maximum Gasteiger partial charge on any atom is 0.266 e. The highest BCUT2D eigenvalue weighted by molar-refractivity contribution is 5.87. The Morgan fingerprint density at radius 2 is 1.53 bits per heavy atom. The van der Waals surface area contributed by atoms with Crippen LogP contribution in [0.15, 0.2) is 83.7 Å². The number of aromatic nitrogens is 4. The van der Waals surface area contributed by atoms with Crippen molar-refractivity contribution >= 4 is 5.91 Å². The maximum absolute atomic E-state index is 13.1. The summed E-state index contributed by atoms with van der Waals surface area (Å²) in [7, 11) is 0. The lowest BCUT2D eigenvalue weighted by molar-refractivity contribution is -0.121. The Labute approximate surface area is 186 Å². The summed E-state index contributed by atoms with van der Waals surface area (Å²) in [6.45, 7) is 4.38. The minimum Gasteiger partial charge on any atom is -0.353 e. The fourth-order valence-corrected chi connectivity index (χ4v) is 3.75. The van der Waals surface area contributed by atoms with Crippen molar-refractivity contribution in [1.82, 2.24) is 24.9 Å². The van der Waals surface area contributed by atoms with Crippen LogP contribution in [0.4, 0.5) is 0 Å². The van der Waals surface area contributed by atoms with E-state index in [-0.39, 0.29) is 24.6 Å². The van der Waals surface area contributed by atoms with Gasteiger partial charge in [0.2, 0.25) is 5.91 Å². The molecule has 7 heteroatoms. The van der Waals surface area contributed by atoms with Crippen molar-refractivity contribution in [1.29, 1.82) is 0 Å². The molecule has 0 aliphatic carbocycles. The molecule has 7 nitrogen and oxygen atoms in total. The second-order valence-corrected chi connectivity index (χ2v) is 7.64. The van der Waals surface area contributed by atoms with Crippen molar-refractivity contribution in [2.24, 2.45) is 0 Å². The number of carbonyl (C=O) groups is 1. The predicted molar refractivity (Wildman–Crippen MR) is 123 cm³/mol. The highest BCUT2D eigenvalue weighted by Gasteiger charge is 2.22. The van der Waals surface area contributed by atoms with Crippen molar-refractivity contribution in [2.45, 2.75) is 26.3 Å². The topological polar surface area (TPSA) is 81.8 Å². The Balaban J connectivity index is 1.50. The Morgan fingerprint density at radius 1 is 0.906 bits per heavy atom. The number of benzene rings is 2. The SMILES string of the molecule is Cc1cc(C)n(-c2ccc(=O)n(CCNC(=O)C(c3ccccc3)c3ccccc3)n2)n1. The van der Waals surface area contributed by atoms with E-state index in [1.165, 1.54) is 10.7 Å². The predicted octanol–water partition coefficient (Wildman–Crippen LogP) is 2.99. The standard InChI is InChI=1S/C25H25N5O2/c1-18-17-19(2)30(27-18)22-13-14-23(31)29(28-22)16-15-26-25(32)24(20-9-5-3-6-10-20)21-11-7-4-8-12-21/h3-14,17,24H,15-16H2,1-2H3,(H,26,32). The van der Waals surface area contributed by atoms with Crippen molar-refractivity contribution in [3.8, 4) is 5.82 Å². The maximum atomic E-state index is 13.1. The van der Waals surface area contributed by atoms with Crippen LogP contribution in [-0.4, -0.2) is 32.0 Å². The highest BCUT2D eigenvalue weighted by Crippen LogP contribution is 2.24. The van der Waals surface area contributed by atoms with E-state index in [1.807, 2.05) is 80.6 Å². The van der Waals surface area contributed by atoms with Crippen LogP contribution in [0.2, 0.25) is 0 Å². The molecule has 0 radical (unpaired) electrons. The number of carbonyl (C=O) groups excluding carboxylic acids is 1. The quantitative estimate of drug-likeness (QED) is 0.492. The van der Waals surface area contributed by atoms with E-state index < -0.39 is 5.92 Å². The van der Waals surface area contributed by atoms with Crippen LogP contribution in [0.5, 0.6) is 0 Å². The molecule has 0 unspecified atom stereocenters. The molecule has 0 aliphatic rings. The zero-order valence-electron chi connectivity index (χ0n) is 18.1. The van der Waals surface area contributed by atoms with Gasteiger partial charge in [-0.3, -0.25) is 9.59 Å². The van der Waals surface area contributed by atoms with E-state index >= 15 is 0 Å². The van der Waals surface area contributed by atoms with Gasteiger partial charge in [0.1, 0.15) is 0 Å². The first-order chi connectivity index (χ1) is 15.5. The Kier molecular flexibility index (Phi) is 6.26. The first-order valence-electron chi connectivity index (χ1n) is 10.5. The van der Waals surface area contributed by atoms with Crippen LogP contribution in [0.25, 0.3) is 5.82 Å². The summed E-state index contributed by atoms with van der Waals surface area (Å²) >= 11 is 0. The summed E-state index contributed by atoms with van der Waals surface area (Å²) in [6, 6.07) is 24.4. The molecular formula is C25H25N5O2. The van der Waals surface area contributed by atoms with Crippen molar-refractivity contribution in [3.63, 3.8) is 0 Å². The lowest BCUT2D eigenvalue weighted by Crippen LogP contribution is -2.35. The lowest BCUT2D eigenvalue weighted by Gasteiger charge is -2.18. The average molecular weight is 428 g/mol. The van der Waals surface area contributed by atoms with E-state index in [4.69, 9.17) is 0 Å². The zero-order chi connectivity index (χ0) is 22.5. The Bertz CT molecular complexity index is 1220. The molecule has 4 rings (SSSR count). The molecule has 0 spiro atoms. The van der Waals surface area contributed by atoms with Crippen LogP contribution < -0.4 is 10.9 Å². The molecule has 1 amide bonds. The Hall–Kier alpha value is -4.00. The Morgan fingerprint density at radius 3 is 2.09 bits per heavy atom. The van der Waals surface area contributed by atoms with E-state index in [0.29, 0.717) is 5.82 Å². The largest absolute Gasteiger partial charge is 0.353 e. The molecule has 162 valence electrons. The number of hydrogen-bond acceptors (Lipinski definition) is 4. The van der Waals surface area contributed by atoms with Crippen LogP contribution in [0, 0.1) is 13.8 Å². The number of nitrogens with zero attached hydrogens (tertiary/aromatic N) is 4. The normalized spacial score (nSPS) is 11.0. The second kappa shape index (κ2) is 9.43. The van der Waals surface area contributed by atoms with Gasteiger partial charge in [0.15, 0.2) is 5.82 Å². The summed E-state index contributed by atoms with van der Waals surface area (Å²) in [5, 5.41) is 11.8. The highest BCUT2D eigenvalue weighted by atomic mass is 16.2. The lowest BCUT2D eigenvalue weighted by atomic mass is 9.90. The van der Waals surface area contributed by atoms with Crippen LogP contribution in [-0.2, 0) is 11.3 Å². The van der Waals surface area contributed by atoms with Gasteiger partial charge in [0.05, 0.1) is 18.2 Å². The third-order valence-corrected chi connectivity index (χ3v) is 5.23. The van der Waals surface area contributed by atoms with Crippen LogP contribution >= 0.6 is 0 Å². The van der Waals surface area contributed by atoms with Gasteiger partial charge < -0.3 is 5.32 Å². The smallest absolute Gasteiger partial charge is 0.266 e. The average Bonchev–Trinajstić information content (AvgIpc) is 3.14. The van der Waals surface area contributed by atoms with Crippen molar-refractivity contribution < 1.29 is 4.79 Å². The molecule has 0 bridgehead atoms. The molecule has 0 saturated heterocycles. The molecule has 0 saturated carbocycles. The summed E-state index contributed by atoms with van der Waals surface area (Å²) in [5.41, 5.74) is 3.41. The van der Waals surface area contributed by atoms with Crippen molar-refractivity contribution in [3.05, 3.63) is 112 Å². The summed E-state index contributed by atoms with van der Waals surface area (Å²) in [6.07, 6.45) is 0. The molecule has 2 aromatic carbocycles. The molecule has 32 heavy (non-hydrogen) atoms. The van der Waals surface area contributed by atoms with Crippen molar-refractivity contribution in [2.75, 3.05) is 6.54 Å². The third kappa shape index (κ3) is 4.67. The molecule has 0 atom stereocenters. The number of hydrogen-bond donors (Lipinski definition) is 1. The van der Waals surface area contributed by atoms with E-state index in [0.717, 1.165) is 22.5 Å².